The van der Waals surface area contributed by atoms with Crippen molar-refractivity contribution in [3.8, 4) is 17.2 Å². The van der Waals surface area contributed by atoms with E-state index in [0.717, 1.165) is 0 Å². The Morgan fingerprint density at radius 2 is 1.74 bits per heavy atom. The van der Waals surface area contributed by atoms with Crippen LogP contribution in [-0.2, 0) is 4.79 Å². The lowest BCUT2D eigenvalue weighted by Crippen LogP contribution is -2.53. The fraction of sp³-hybridized carbons (Fsp3) is 0.320. The van der Waals surface area contributed by atoms with Gasteiger partial charge in [-0.15, -0.1) is 0 Å². The maximum atomic E-state index is 12.9. The zero-order chi connectivity index (χ0) is 24.4. The zero-order valence-corrected chi connectivity index (χ0v) is 20.1. The predicted octanol–water partition coefficient (Wildman–Crippen LogP) is 2.81. The Bertz CT molecular complexity index is 1270. The van der Waals surface area contributed by atoms with Crippen LogP contribution in [0.5, 0.6) is 11.5 Å². The summed E-state index contributed by atoms with van der Waals surface area (Å²) >= 11 is 6.46. The summed E-state index contributed by atoms with van der Waals surface area (Å²) in [5, 5.41) is 7.43. The number of nitrogens with one attached hydrogen (secondary N) is 1. The van der Waals surface area contributed by atoms with Crippen LogP contribution in [0.4, 0.5) is 11.4 Å². The average molecular weight is 496 g/mol. The van der Waals surface area contributed by atoms with Crippen molar-refractivity contribution in [1.82, 2.24) is 14.7 Å². The van der Waals surface area contributed by atoms with Crippen LogP contribution in [0, 0.1) is 0 Å². The van der Waals surface area contributed by atoms with E-state index in [9.17, 15) is 9.59 Å². The summed E-state index contributed by atoms with van der Waals surface area (Å²) in [6, 6.07) is 14.2. The molecule has 9 nitrogen and oxygen atoms in total. The summed E-state index contributed by atoms with van der Waals surface area (Å²) in [6.45, 7) is 5.44. The lowest BCUT2D eigenvalue weighted by molar-refractivity contribution is -0.120. The molecule has 1 amide bonds. The van der Waals surface area contributed by atoms with Gasteiger partial charge in [0.25, 0.3) is 5.56 Å². The zero-order valence-electron chi connectivity index (χ0n) is 19.3. The van der Waals surface area contributed by atoms with Crippen LogP contribution in [0.25, 0.3) is 5.69 Å². The van der Waals surface area contributed by atoms with Gasteiger partial charge in [-0.25, -0.2) is 0 Å². The lowest BCUT2D eigenvalue weighted by atomic mass is 10.2. The first-order valence-electron chi connectivity index (χ1n) is 11.5. The Morgan fingerprint density at radius 1 is 1.03 bits per heavy atom. The molecule has 2 aromatic carbocycles. The van der Waals surface area contributed by atoms with Crippen LogP contribution in [0.15, 0.2) is 59.5 Å². The Kier molecular flexibility index (Phi) is 6.61. The van der Waals surface area contributed by atoms with Gasteiger partial charge in [-0.2, -0.15) is 9.78 Å². The monoisotopic (exact) mass is 495 g/mol. The van der Waals surface area contributed by atoms with E-state index in [1.807, 2.05) is 36.1 Å². The SMILES string of the molecule is C[C@H](C(=O)Nc1ccc2c(c1)OCCO2)N1CCN(c2cnn(-c3ccccc3)c(=O)c2Cl)CC1. The van der Waals surface area contributed by atoms with E-state index in [0.29, 0.717) is 68.0 Å². The highest BCUT2D eigenvalue weighted by molar-refractivity contribution is 6.33. The standard InChI is InChI=1S/C25H26ClN5O4/c1-17(24(32)28-18-7-8-21-22(15-18)35-14-13-34-21)29-9-11-30(12-10-29)20-16-27-31(25(33)23(20)26)19-5-3-2-4-6-19/h2-8,15-17H,9-14H2,1H3,(H,28,32)/t17-/m1/s1. The summed E-state index contributed by atoms with van der Waals surface area (Å²) in [5.74, 6) is 1.22. The molecule has 1 N–H and O–H groups in total. The number of amides is 1. The number of piperazine rings is 1. The molecular formula is C25H26ClN5O4. The molecule has 0 bridgehead atoms. The second kappa shape index (κ2) is 9.97. The maximum absolute atomic E-state index is 12.9. The second-order valence-corrected chi connectivity index (χ2v) is 8.82. The minimum absolute atomic E-state index is 0.0970. The van der Waals surface area contributed by atoms with Gasteiger partial charge < -0.3 is 19.7 Å². The third kappa shape index (κ3) is 4.82. The van der Waals surface area contributed by atoms with E-state index in [2.05, 4.69) is 15.3 Å². The van der Waals surface area contributed by atoms with Gasteiger partial charge in [-0.1, -0.05) is 29.8 Å². The number of hydrogen-bond acceptors (Lipinski definition) is 7. The van der Waals surface area contributed by atoms with Crippen molar-refractivity contribution in [2.24, 2.45) is 0 Å². The van der Waals surface area contributed by atoms with Gasteiger partial charge in [0, 0.05) is 37.9 Å². The molecule has 10 heteroatoms. The number of nitrogens with zero attached hydrogens (tertiary/aromatic N) is 4. The number of carbonyl (C=O) groups is 1. The number of benzene rings is 2. The van der Waals surface area contributed by atoms with Crippen LogP contribution in [0.1, 0.15) is 6.92 Å². The van der Waals surface area contributed by atoms with Gasteiger partial charge in [0.1, 0.15) is 18.2 Å². The smallest absolute Gasteiger partial charge is 0.292 e. The number of ether oxygens (including phenoxy) is 2. The van der Waals surface area contributed by atoms with Crippen molar-refractivity contribution in [3.05, 3.63) is 70.1 Å². The first-order valence-corrected chi connectivity index (χ1v) is 11.9. The Labute approximate surface area is 207 Å². The van der Waals surface area contributed by atoms with Crippen LogP contribution in [-0.4, -0.2) is 66.0 Å². The Morgan fingerprint density at radius 3 is 2.49 bits per heavy atom. The highest BCUT2D eigenvalue weighted by Gasteiger charge is 2.27. The molecule has 2 aliphatic rings. The van der Waals surface area contributed by atoms with Gasteiger partial charge >= 0.3 is 0 Å². The van der Waals surface area contributed by atoms with E-state index in [1.54, 1.807) is 30.5 Å². The largest absolute Gasteiger partial charge is 0.486 e. The summed E-state index contributed by atoms with van der Waals surface area (Å²) in [6.07, 6.45) is 1.63. The highest BCUT2D eigenvalue weighted by Crippen LogP contribution is 2.32. The average Bonchev–Trinajstić information content (AvgIpc) is 2.90. The number of fused-ring (bicyclic) bond motifs is 1. The van der Waals surface area contributed by atoms with Gasteiger partial charge in [0.15, 0.2) is 11.5 Å². The number of para-hydroxylation sites is 1. The minimum Gasteiger partial charge on any atom is -0.486 e. The summed E-state index contributed by atoms with van der Waals surface area (Å²) < 4.78 is 12.4. The highest BCUT2D eigenvalue weighted by atomic mass is 35.5. The molecule has 0 spiro atoms. The van der Waals surface area contributed by atoms with Crippen LogP contribution in [0.2, 0.25) is 5.02 Å². The first kappa shape index (κ1) is 23.2. The number of carbonyl (C=O) groups excluding carboxylic acids is 1. The van der Waals surface area contributed by atoms with Crippen LogP contribution in [0.3, 0.4) is 0 Å². The summed E-state index contributed by atoms with van der Waals surface area (Å²) in [7, 11) is 0. The van der Waals surface area contributed by atoms with Gasteiger partial charge in [0.05, 0.1) is 23.6 Å². The molecule has 1 fully saturated rings. The number of aromatic nitrogens is 2. The number of halogens is 1. The molecule has 0 radical (unpaired) electrons. The summed E-state index contributed by atoms with van der Waals surface area (Å²) in [4.78, 5) is 29.9. The minimum atomic E-state index is -0.357. The molecule has 1 aromatic heterocycles. The summed E-state index contributed by atoms with van der Waals surface area (Å²) in [5.41, 5.74) is 1.58. The molecule has 3 aromatic rings. The predicted molar refractivity (Wildman–Crippen MR) is 134 cm³/mol. The first-order chi connectivity index (χ1) is 17.0. The fourth-order valence-electron chi connectivity index (χ4n) is 4.28. The molecule has 0 saturated carbocycles. The third-order valence-corrected chi connectivity index (χ3v) is 6.65. The van der Waals surface area contributed by atoms with E-state index < -0.39 is 0 Å². The van der Waals surface area contributed by atoms with Crippen LogP contribution < -0.4 is 25.2 Å². The molecule has 182 valence electrons. The number of anilines is 2. The Hall–Kier alpha value is -3.56. The third-order valence-electron chi connectivity index (χ3n) is 6.29. The van der Waals surface area contributed by atoms with E-state index in [-0.39, 0.29) is 22.5 Å². The van der Waals surface area contributed by atoms with Crippen LogP contribution >= 0.6 is 11.6 Å². The van der Waals surface area contributed by atoms with Crippen molar-refractivity contribution in [1.29, 1.82) is 0 Å². The molecule has 0 aliphatic carbocycles. The topological polar surface area (TPSA) is 88.9 Å². The molecule has 0 unspecified atom stereocenters. The van der Waals surface area contributed by atoms with Gasteiger partial charge in [-0.3, -0.25) is 14.5 Å². The Balaban J connectivity index is 1.21. The van der Waals surface area contributed by atoms with Crippen molar-refractivity contribution in [2.75, 3.05) is 49.6 Å². The molecular weight excluding hydrogens is 470 g/mol. The quantitative estimate of drug-likeness (QED) is 0.582. The molecule has 1 saturated heterocycles. The molecule has 35 heavy (non-hydrogen) atoms. The molecule has 1 atom stereocenters. The fourth-order valence-corrected chi connectivity index (χ4v) is 4.53. The second-order valence-electron chi connectivity index (χ2n) is 8.44. The molecule has 3 heterocycles. The van der Waals surface area contributed by atoms with Crippen molar-refractivity contribution < 1.29 is 14.3 Å². The van der Waals surface area contributed by atoms with E-state index >= 15 is 0 Å². The van der Waals surface area contributed by atoms with Crippen molar-refractivity contribution in [2.45, 2.75) is 13.0 Å². The molecule has 5 rings (SSSR count). The van der Waals surface area contributed by atoms with E-state index in [4.69, 9.17) is 21.1 Å². The van der Waals surface area contributed by atoms with Gasteiger partial charge in [0.2, 0.25) is 5.91 Å². The van der Waals surface area contributed by atoms with Crippen molar-refractivity contribution in [3.63, 3.8) is 0 Å². The van der Waals surface area contributed by atoms with E-state index in [1.165, 1.54) is 4.68 Å². The van der Waals surface area contributed by atoms with Gasteiger partial charge in [-0.05, 0) is 31.2 Å². The lowest BCUT2D eigenvalue weighted by Gasteiger charge is -2.38. The normalized spacial score (nSPS) is 16.6. The van der Waals surface area contributed by atoms with Crippen molar-refractivity contribution >= 4 is 28.9 Å². The maximum Gasteiger partial charge on any atom is 0.292 e. The number of rotatable bonds is 5. The number of hydrogen-bond donors (Lipinski definition) is 1. The molecule has 2 aliphatic heterocycles.